The Morgan fingerprint density at radius 3 is 2.48 bits per heavy atom. The van der Waals surface area contributed by atoms with Gasteiger partial charge >= 0.3 is 6.18 Å². The normalized spacial score (nSPS) is 23.8. The molecule has 31 heavy (non-hydrogen) atoms. The Kier molecular flexibility index (Phi) is 6.69. The van der Waals surface area contributed by atoms with Gasteiger partial charge in [0.05, 0.1) is 21.5 Å². The summed E-state index contributed by atoms with van der Waals surface area (Å²) in [6.07, 6.45) is -4.88. The third kappa shape index (κ3) is 5.04. The zero-order valence-corrected chi connectivity index (χ0v) is 18.2. The van der Waals surface area contributed by atoms with Gasteiger partial charge in [0.25, 0.3) is 5.91 Å². The molecule has 2 aromatic rings. The number of carbonyl (C=O) groups excluding carboxylic acids is 1. The molecule has 168 valence electrons. The number of alkyl halides is 3. The number of hydrogen-bond donors (Lipinski definition) is 2. The van der Waals surface area contributed by atoms with Crippen molar-refractivity contribution in [2.45, 2.75) is 30.7 Å². The largest absolute Gasteiger partial charge is 0.423 e. The van der Waals surface area contributed by atoms with Gasteiger partial charge in [0, 0.05) is 45.3 Å². The zero-order chi connectivity index (χ0) is 23.0. The number of nitrogens with two attached hydrogens (primary N) is 1. The molecular weight excluding hydrogens is 478 g/mol. The number of nitrogens with zero attached hydrogens (tertiary/aromatic N) is 2. The number of hydrogen-bond acceptors (Lipinski definition) is 5. The summed E-state index contributed by atoms with van der Waals surface area (Å²) in [5.74, 6) is -1.56. The summed E-state index contributed by atoms with van der Waals surface area (Å²) in [6, 6.07) is 6.09. The van der Waals surface area contributed by atoms with E-state index in [-0.39, 0.29) is 17.2 Å². The highest BCUT2D eigenvalue weighted by Gasteiger charge is 2.56. The van der Waals surface area contributed by atoms with E-state index in [1.165, 1.54) is 12.1 Å². The number of benzene rings is 1. The number of carbonyl (C=O) groups is 1. The molecule has 0 bridgehead atoms. The summed E-state index contributed by atoms with van der Waals surface area (Å²) in [4.78, 5) is 15.4. The summed E-state index contributed by atoms with van der Waals surface area (Å²) < 4.78 is 57.6. The summed E-state index contributed by atoms with van der Waals surface area (Å²) >= 11 is 12.0. The highest BCUT2D eigenvalue weighted by molar-refractivity contribution is 7.93. The lowest BCUT2D eigenvalue weighted by molar-refractivity contribution is -0.268. The van der Waals surface area contributed by atoms with Crippen LogP contribution in [0.3, 0.4) is 0 Å². The molecule has 0 spiro atoms. The Balaban J connectivity index is 1.91. The van der Waals surface area contributed by atoms with Crippen molar-refractivity contribution in [1.82, 2.24) is 4.98 Å². The number of amides is 1. The summed E-state index contributed by atoms with van der Waals surface area (Å²) in [7, 11) is -3.26. The quantitative estimate of drug-likeness (QED) is 0.653. The maximum absolute atomic E-state index is 13.8. The van der Waals surface area contributed by atoms with Gasteiger partial charge < -0.3 is 10.8 Å². The van der Waals surface area contributed by atoms with Crippen LogP contribution in [0, 0.1) is 0 Å². The molecule has 1 aliphatic heterocycles. The number of aliphatic hydroxyl groups is 1. The fourth-order valence-electron chi connectivity index (χ4n) is 3.10. The Bertz CT molecular complexity index is 1120. The van der Waals surface area contributed by atoms with Crippen molar-refractivity contribution in [3.05, 3.63) is 52.3 Å². The SMILES string of the molecule is N[C@H]1CC[S@@](=O)(CC[C@](O)(c2ccc(-c3ccc(Cl)cc3Cl)cn2)C(F)(F)F)=NC1=O. The minimum absolute atomic E-state index is 0.0560. The number of rotatable bonds is 5. The molecule has 1 amide bonds. The Morgan fingerprint density at radius 2 is 1.94 bits per heavy atom. The van der Waals surface area contributed by atoms with Crippen molar-refractivity contribution in [2.24, 2.45) is 10.1 Å². The lowest BCUT2D eigenvalue weighted by atomic mass is 9.94. The summed E-state index contributed by atoms with van der Waals surface area (Å²) in [6.45, 7) is 0. The molecule has 0 fully saturated rings. The van der Waals surface area contributed by atoms with E-state index in [1.54, 1.807) is 12.1 Å². The molecule has 3 atom stereocenters. The molecule has 0 radical (unpaired) electrons. The predicted molar refractivity (Wildman–Crippen MR) is 112 cm³/mol. The Hall–Kier alpha value is -1.72. The standard InChI is InChI=1S/C19H18Cl2F3N3O3S/c20-12-2-3-13(14(21)9-12)11-1-4-16(26-10-11)18(29,19(22,23)24)6-8-31(30)7-5-15(25)17(28)27-31/h1-4,9-10,15,29H,5-8,25H2/t15-,18-,31+/m0/s1. The molecule has 3 rings (SSSR count). The minimum atomic E-state index is -5.11. The van der Waals surface area contributed by atoms with Crippen molar-refractivity contribution in [2.75, 3.05) is 11.5 Å². The van der Waals surface area contributed by atoms with Gasteiger partial charge in [-0.1, -0.05) is 35.3 Å². The molecule has 6 nitrogen and oxygen atoms in total. The van der Waals surface area contributed by atoms with Crippen LogP contribution in [0.5, 0.6) is 0 Å². The van der Waals surface area contributed by atoms with Crippen LogP contribution in [-0.4, -0.2) is 43.9 Å². The van der Waals surface area contributed by atoms with Gasteiger partial charge in [-0.2, -0.15) is 17.5 Å². The van der Waals surface area contributed by atoms with Gasteiger partial charge in [-0.15, -0.1) is 0 Å². The maximum Gasteiger partial charge on any atom is 0.423 e. The summed E-state index contributed by atoms with van der Waals surface area (Å²) in [5, 5.41) is 11.2. The van der Waals surface area contributed by atoms with Crippen molar-refractivity contribution < 1.29 is 27.3 Å². The monoisotopic (exact) mass is 495 g/mol. The second kappa shape index (κ2) is 8.67. The molecule has 2 heterocycles. The molecule has 0 aliphatic carbocycles. The maximum atomic E-state index is 13.8. The second-order valence-corrected chi connectivity index (χ2v) is 10.6. The Morgan fingerprint density at radius 1 is 1.23 bits per heavy atom. The fourth-order valence-corrected chi connectivity index (χ4v) is 5.71. The predicted octanol–water partition coefficient (Wildman–Crippen LogP) is 3.92. The van der Waals surface area contributed by atoms with Crippen molar-refractivity contribution in [3.63, 3.8) is 0 Å². The van der Waals surface area contributed by atoms with Crippen molar-refractivity contribution >= 4 is 38.8 Å². The first-order chi connectivity index (χ1) is 14.3. The molecule has 1 aromatic carbocycles. The van der Waals surface area contributed by atoms with Crippen molar-refractivity contribution in [3.8, 4) is 11.1 Å². The third-order valence-corrected chi connectivity index (χ3v) is 7.78. The number of aromatic nitrogens is 1. The number of pyridine rings is 1. The van der Waals surface area contributed by atoms with Crippen LogP contribution in [0.2, 0.25) is 10.0 Å². The van der Waals surface area contributed by atoms with E-state index >= 15 is 0 Å². The molecular formula is C19H18Cl2F3N3O3S. The van der Waals surface area contributed by atoms with E-state index in [1.807, 2.05) is 0 Å². The van der Waals surface area contributed by atoms with Crippen LogP contribution in [0.4, 0.5) is 13.2 Å². The van der Waals surface area contributed by atoms with Crippen LogP contribution in [0.1, 0.15) is 18.5 Å². The van der Waals surface area contributed by atoms with Crippen LogP contribution in [0.25, 0.3) is 11.1 Å². The molecule has 1 aliphatic rings. The second-order valence-electron chi connectivity index (χ2n) is 7.17. The first-order valence-electron chi connectivity index (χ1n) is 9.08. The zero-order valence-electron chi connectivity index (χ0n) is 15.9. The molecule has 3 N–H and O–H groups in total. The van der Waals surface area contributed by atoms with Gasteiger partial charge in [-0.25, -0.2) is 4.21 Å². The minimum Gasteiger partial charge on any atom is -0.375 e. The van der Waals surface area contributed by atoms with E-state index in [9.17, 15) is 27.3 Å². The van der Waals surface area contributed by atoms with E-state index in [2.05, 4.69) is 9.35 Å². The van der Waals surface area contributed by atoms with Gasteiger partial charge in [0.1, 0.15) is 0 Å². The highest BCUT2D eigenvalue weighted by Crippen LogP contribution is 2.42. The first-order valence-corrected chi connectivity index (χ1v) is 11.7. The average Bonchev–Trinajstić information content (AvgIpc) is 2.69. The fraction of sp³-hybridized carbons (Fsp3) is 0.368. The van der Waals surface area contributed by atoms with E-state index in [0.29, 0.717) is 16.1 Å². The number of halogens is 5. The van der Waals surface area contributed by atoms with Gasteiger partial charge in [0.15, 0.2) is 0 Å². The van der Waals surface area contributed by atoms with Crippen LogP contribution in [-0.2, 0) is 20.1 Å². The lowest BCUT2D eigenvalue weighted by Crippen LogP contribution is -2.45. The van der Waals surface area contributed by atoms with Crippen LogP contribution >= 0.6 is 23.2 Å². The Labute approximate surface area is 186 Å². The van der Waals surface area contributed by atoms with Crippen LogP contribution < -0.4 is 5.73 Å². The molecule has 1 aromatic heterocycles. The molecule has 0 unspecified atom stereocenters. The summed E-state index contributed by atoms with van der Waals surface area (Å²) in [5.41, 5.74) is 2.37. The lowest BCUT2D eigenvalue weighted by Gasteiger charge is -2.31. The average molecular weight is 496 g/mol. The van der Waals surface area contributed by atoms with E-state index in [0.717, 1.165) is 12.3 Å². The molecule has 0 saturated carbocycles. The molecule has 12 heteroatoms. The van der Waals surface area contributed by atoms with Crippen LogP contribution in [0.15, 0.2) is 40.9 Å². The first kappa shape index (κ1) is 23.9. The van der Waals surface area contributed by atoms with E-state index < -0.39 is 51.3 Å². The van der Waals surface area contributed by atoms with E-state index in [4.69, 9.17) is 28.9 Å². The van der Waals surface area contributed by atoms with Gasteiger partial charge in [-0.05, 0) is 24.6 Å². The van der Waals surface area contributed by atoms with Crippen molar-refractivity contribution in [1.29, 1.82) is 0 Å². The van der Waals surface area contributed by atoms with Gasteiger partial charge in [-0.3, -0.25) is 9.78 Å². The third-order valence-electron chi connectivity index (χ3n) is 5.00. The topological polar surface area (TPSA) is 106 Å². The smallest absolute Gasteiger partial charge is 0.375 e. The molecule has 0 saturated heterocycles. The van der Waals surface area contributed by atoms with Gasteiger partial charge in [0.2, 0.25) is 5.60 Å². The highest BCUT2D eigenvalue weighted by atomic mass is 35.5.